The predicted molar refractivity (Wildman–Crippen MR) is 73.7 cm³/mol. The molecule has 18 heavy (non-hydrogen) atoms. The number of hydrogen-bond acceptors (Lipinski definition) is 4. The van der Waals surface area contributed by atoms with Crippen LogP contribution < -0.4 is 5.73 Å². The molecule has 3 N–H and O–H groups in total. The molecule has 0 aliphatic carbocycles. The molecule has 0 aromatic carbocycles. The summed E-state index contributed by atoms with van der Waals surface area (Å²) in [7, 11) is 0. The van der Waals surface area contributed by atoms with E-state index in [1.165, 1.54) is 0 Å². The number of carbonyl (C=O) groups is 1. The van der Waals surface area contributed by atoms with Crippen LogP contribution in [0.2, 0.25) is 0 Å². The zero-order chi connectivity index (χ0) is 13.3. The molecule has 0 aliphatic rings. The van der Waals surface area contributed by atoms with E-state index >= 15 is 0 Å². The van der Waals surface area contributed by atoms with Crippen LogP contribution in [0.15, 0.2) is 17.5 Å². The number of primary amides is 1. The van der Waals surface area contributed by atoms with Gasteiger partial charge < -0.3 is 5.73 Å². The van der Waals surface area contributed by atoms with E-state index in [-0.39, 0.29) is 5.91 Å². The third kappa shape index (κ3) is 2.37. The van der Waals surface area contributed by atoms with Crippen molar-refractivity contribution in [1.29, 1.82) is 0 Å². The van der Waals surface area contributed by atoms with Gasteiger partial charge in [0.25, 0.3) is 0 Å². The first-order chi connectivity index (χ1) is 8.42. The molecule has 2 heterocycles. The Bertz CT molecular complexity index is 609. The van der Waals surface area contributed by atoms with Gasteiger partial charge in [0.2, 0.25) is 5.91 Å². The van der Waals surface area contributed by atoms with Crippen LogP contribution in [0.1, 0.15) is 13.8 Å². The van der Waals surface area contributed by atoms with Gasteiger partial charge in [0, 0.05) is 6.54 Å². The number of aromatic nitrogens is 3. The summed E-state index contributed by atoms with van der Waals surface area (Å²) >= 11 is 6.77. The van der Waals surface area contributed by atoms with Gasteiger partial charge in [-0.25, -0.2) is 0 Å². The lowest BCUT2D eigenvalue weighted by Crippen LogP contribution is -2.35. The molecule has 0 unspecified atom stereocenters. The van der Waals surface area contributed by atoms with E-state index in [0.29, 0.717) is 11.3 Å². The highest BCUT2D eigenvalue weighted by Gasteiger charge is 2.27. The molecule has 0 saturated heterocycles. The predicted octanol–water partition coefficient (Wildman–Crippen LogP) is 2.18. The Balaban J connectivity index is 2.43. The van der Waals surface area contributed by atoms with Gasteiger partial charge in [0.05, 0.1) is 10.3 Å². The lowest BCUT2D eigenvalue weighted by Gasteiger charge is -2.21. The molecule has 7 heteroatoms. The molecule has 0 spiro atoms. The standard InChI is InChI=1S/C11H14N4OS2/c1-11(2,9(12)16)6-15-8(13-14-10(15)17)7-4-3-5-18-7/h3-5H,6H2,1-2H3,(H2,12,16)(H,14,17). The number of nitrogens with two attached hydrogens (primary N) is 1. The number of hydrogen-bond donors (Lipinski definition) is 2. The molecule has 5 nitrogen and oxygen atoms in total. The largest absolute Gasteiger partial charge is 0.369 e. The normalized spacial score (nSPS) is 11.7. The van der Waals surface area contributed by atoms with Crippen LogP contribution in [-0.4, -0.2) is 20.7 Å². The molecule has 2 rings (SSSR count). The van der Waals surface area contributed by atoms with Crippen LogP contribution in [0.4, 0.5) is 0 Å². The molecule has 2 aromatic rings. The number of carbonyl (C=O) groups excluding carboxylic acids is 1. The van der Waals surface area contributed by atoms with Gasteiger partial charge in [0.1, 0.15) is 0 Å². The number of aromatic amines is 1. The smallest absolute Gasteiger partial charge is 0.224 e. The molecular formula is C11H14N4OS2. The Morgan fingerprint density at radius 2 is 2.39 bits per heavy atom. The zero-order valence-corrected chi connectivity index (χ0v) is 11.8. The van der Waals surface area contributed by atoms with Crippen LogP contribution in [0.5, 0.6) is 0 Å². The summed E-state index contributed by atoms with van der Waals surface area (Å²) < 4.78 is 2.30. The van der Waals surface area contributed by atoms with Gasteiger partial charge in [-0.3, -0.25) is 14.5 Å². The van der Waals surface area contributed by atoms with Crippen molar-refractivity contribution in [3.05, 3.63) is 22.3 Å². The van der Waals surface area contributed by atoms with Crippen molar-refractivity contribution in [3.8, 4) is 10.7 Å². The summed E-state index contributed by atoms with van der Waals surface area (Å²) in [5.41, 5.74) is 4.72. The minimum absolute atomic E-state index is 0.359. The Morgan fingerprint density at radius 1 is 1.67 bits per heavy atom. The highest BCUT2D eigenvalue weighted by Crippen LogP contribution is 2.26. The molecule has 96 valence electrons. The fraction of sp³-hybridized carbons (Fsp3) is 0.364. The third-order valence-electron chi connectivity index (χ3n) is 2.72. The number of rotatable bonds is 4. The van der Waals surface area contributed by atoms with E-state index in [2.05, 4.69) is 10.2 Å². The van der Waals surface area contributed by atoms with Crippen LogP contribution >= 0.6 is 23.6 Å². The van der Waals surface area contributed by atoms with Crippen molar-refractivity contribution in [2.45, 2.75) is 20.4 Å². The molecule has 0 atom stereocenters. The number of thiophene rings is 1. The van der Waals surface area contributed by atoms with Gasteiger partial charge in [-0.2, -0.15) is 5.10 Å². The maximum absolute atomic E-state index is 11.4. The van der Waals surface area contributed by atoms with Gasteiger partial charge in [-0.15, -0.1) is 11.3 Å². The van der Waals surface area contributed by atoms with Crippen LogP contribution in [-0.2, 0) is 11.3 Å². The quantitative estimate of drug-likeness (QED) is 0.844. The van der Waals surface area contributed by atoms with E-state index in [0.717, 1.165) is 10.7 Å². The van der Waals surface area contributed by atoms with Crippen molar-refractivity contribution in [1.82, 2.24) is 14.8 Å². The number of nitrogens with one attached hydrogen (secondary N) is 1. The van der Waals surface area contributed by atoms with Crippen molar-refractivity contribution in [2.75, 3.05) is 0 Å². The molecule has 0 aliphatic heterocycles. The Kier molecular flexibility index (Phi) is 3.36. The summed E-state index contributed by atoms with van der Waals surface area (Å²) in [6, 6.07) is 3.91. The summed E-state index contributed by atoms with van der Waals surface area (Å²) in [6.45, 7) is 4.00. The van der Waals surface area contributed by atoms with Crippen LogP contribution in [0, 0.1) is 10.2 Å². The van der Waals surface area contributed by atoms with Crippen LogP contribution in [0.25, 0.3) is 10.7 Å². The minimum Gasteiger partial charge on any atom is -0.369 e. The Labute approximate surface area is 114 Å². The lowest BCUT2D eigenvalue weighted by molar-refractivity contribution is -0.126. The average Bonchev–Trinajstić information content (AvgIpc) is 2.89. The van der Waals surface area contributed by atoms with Crippen molar-refractivity contribution < 1.29 is 4.79 Å². The van der Waals surface area contributed by atoms with Gasteiger partial charge in [-0.05, 0) is 37.5 Å². The van der Waals surface area contributed by atoms with Crippen LogP contribution in [0.3, 0.4) is 0 Å². The van der Waals surface area contributed by atoms with Crippen molar-refractivity contribution in [3.63, 3.8) is 0 Å². The molecule has 0 fully saturated rings. The molecule has 0 saturated carbocycles. The minimum atomic E-state index is -0.673. The fourth-order valence-corrected chi connectivity index (χ4v) is 2.45. The topological polar surface area (TPSA) is 76.7 Å². The van der Waals surface area contributed by atoms with Gasteiger partial charge in [-0.1, -0.05) is 6.07 Å². The van der Waals surface area contributed by atoms with E-state index in [4.69, 9.17) is 18.0 Å². The maximum Gasteiger partial charge on any atom is 0.224 e. The van der Waals surface area contributed by atoms with Gasteiger partial charge >= 0.3 is 0 Å². The second-order valence-electron chi connectivity index (χ2n) is 4.66. The fourth-order valence-electron chi connectivity index (χ4n) is 1.53. The zero-order valence-electron chi connectivity index (χ0n) is 10.1. The van der Waals surface area contributed by atoms with E-state index in [1.807, 2.05) is 22.1 Å². The third-order valence-corrected chi connectivity index (χ3v) is 3.90. The SMILES string of the molecule is CC(C)(Cn1c(-c2cccs2)n[nH]c1=S)C(N)=O. The van der Waals surface area contributed by atoms with E-state index < -0.39 is 5.41 Å². The summed E-state index contributed by atoms with van der Waals surface area (Å²) in [5.74, 6) is 0.382. The maximum atomic E-state index is 11.4. The Hall–Kier alpha value is -1.47. The van der Waals surface area contributed by atoms with Crippen molar-refractivity contribution >= 4 is 29.5 Å². The second kappa shape index (κ2) is 4.66. The summed E-state index contributed by atoms with van der Waals surface area (Å²) in [5, 5.41) is 8.93. The first-order valence-corrected chi connectivity index (χ1v) is 6.69. The molecule has 2 aromatic heterocycles. The monoisotopic (exact) mass is 282 g/mol. The first-order valence-electron chi connectivity index (χ1n) is 5.41. The lowest BCUT2D eigenvalue weighted by atomic mass is 9.92. The molecule has 0 bridgehead atoms. The number of amides is 1. The molecular weight excluding hydrogens is 268 g/mol. The van der Waals surface area contributed by atoms with Crippen molar-refractivity contribution in [2.24, 2.45) is 11.1 Å². The average molecular weight is 282 g/mol. The van der Waals surface area contributed by atoms with E-state index in [9.17, 15) is 4.79 Å². The number of nitrogens with zero attached hydrogens (tertiary/aromatic N) is 2. The summed E-state index contributed by atoms with van der Waals surface area (Å²) in [4.78, 5) is 12.4. The van der Waals surface area contributed by atoms with Gasteiger partial charge in [0.15, 0.2) is 10.6 Å². The highest BCUT2D eigenvalue weighted by molar-refractivity contribution is 7.71. The first kappa shape index (κ1) is 13.0. The second-order valence-corrected chi connectivity index (χ2v) is 6.00. The molecule has 1 amide bonds. The highest BCUT2D eigenvalue weighted by atomic mass is 32.1. The Morgan fingerprint density at radius 3 is 2.94 bits per heavy atom. The number of H-pyrrole nitrogens is 1. The van der Waals surface area contributed by atoms with E-state index in [1.54, 1.807) is 25.2 Å². The summed E-state index contributed by atoms with van der Waals surface area (Å²) in [6.07, 6.45) is 0. The molecule has 0 radical (unpaired) electrons.